The second-order valence-corrected chi connectivity index (χ2v) is 4.18. The molecule has 0 heterocycles. The van der Waals surface area contributed by atoms with E-state index in [9.17, 15) is 4.79 Å². The van der Waals surface area contributed by atoms with Crippen LogP contribution in [-0.2, 0) is 14.3 Å². The molecule has 102 valence electrons. The van der Waals surface area contributed by atoms with Gasteiger partial charge in [0.05, 0.1) is 13.2 Å². The predicted molar refractivity (Wildman–Crippen MR) is 68.1 cm³/mol. The molecule has 0 rings (SSSR count). The van der Waals surface area contributed by atoms with Crippen LogP contribution in [0.15, 0.2) is 0 Å². The van der Waals surface area contributed by atoms with Crippen LogP contribution in [0.3, 0.4) is 0 Å². The number of esters is 1. The molecule has 0 saturated carbocycles. The zero-order chi connectivity index (χ0) is 13.1. The molecular formula is C12H26N2O3. The van der Waals surface area contributed by atoms with E-state index in [1.165, 1.54) is 0 Å². The molecule has 0 aliphatic rings. The molecule has 0 unspecified atom stereocenters. The maximum atomic E-state index is 10.9. The molecule has 0 aliphatic heterocycles. The van der Waals surface area contributed by atoms with Crippen molar-refractivity contribution in [3.63, 3.8) is 0 Å². The Hall–Kier alpha value is -0.650. The minimum atomic E-state index is -0.299. The number of carbonyl (C=O) groups excluding carboxylic acids is 1. The first-order chi connectivity index (χ1) is 8.07. The van der Waals surface area contributed by atoms with Crippen molar-refractivity contribution in [3.8, 4) is 0 Å². The van der Waals surface area contributed by atoms with Crippen molar-refractivity contribution in [2.75, 3.05) is 46.5 Å². The van der Waals surface area contributed by atoms with Gasteiger partial charge in [-0.25, -0.2) is 4.79 Å². The molecule has 0 saturated heterocycles. The molecule has 0 bridgehead atoms. The molecular weight excluding hydrogens is 220 g/mol. The van der Waals surface area contributed by atoms with Crippen molar-refractivity contribution in [2.45, 2.75) is 26.8 Å². The maximum absolute atomic E-state index is 10.9. The lowest BCUT2D eigenvalue weighted by Crippen LogP contribution is -2.34. The smallest absolute Gasteiger partial charge is 0.332 e. The van der Waals surface area contributed by atoms with Gasteiger partial charge in [-0.2, -0.15) is 0 Å². The van der Waals surface area contributed by atoms with Crippen LogP contribution in [0.5, 0.6) is 0 Å². The summed E-state index contributed by atoms with van der Waals surface area (Å²) in [6, 6.07) is 0.567. The van der Waals surface area contributed by atoms with Gasteiger partial charge in [0.1, 0.15) is 6.61 Å². The fourth-order valence-corrected chi connectivity index (χ4v) is 1.14. The van der Waals surface area contributed by atoms with E-state index >= 15 is 0 Å². The first kappa shape index (κ1) is 16.4. The monoisotopic (exact) mass is 246 g/mol. The Bertz CT molecular complexity index is 198. The first-order valence-electron chi connectivity index (χ1n) is 6.22. The topological polar surface area (TPSA) is 50.8 Å². The Kier molecular flexibility index (Phi) is 10.1. The molecule has 0 aromatic carbocycles. The van der Waals surface area contributed by atoms with Crippen molar-refractivity contribution >= 4 is 5.97 Å². The van der Waals surface area contributed by atoms with Crippen molar-refractivity contribution in [3.05, 3.63) is 0 Å². The molecule has 0 atom stereocenters. The van der Waals surface area contributed by atoms with Crippen LogP contribution in [0.4, 0.5) is 0 Å². The quantitative estimate of drug-likeness (QED) is 0.449. The molecule has 0 amide bonds. The molecule has 0 radical (unpaired) electrons. The zero-order valence-corrected chi connectivity index (χ0v) is 11.5. The van der Waals surface area contributed by atoms with Crippen molar-refractivity contribution < 1.29 is 14.3 Å². The average molecular weight is 246 g/mol. The van der Waals surface area contributed by atoms with Crippen LogP contribution in [0.1, 0.15) is 20.8 Å². The van der Waals surface area contributed by atoms with Crippen molar-refractivity contribution in [1.82, 2.24) is 10.2 Å². The van der Waals surface area contributed by atoms with Gasteiger partial charge in [-0.1, -0.05) is 0 Å². The van der Waals surface area contributed by atoms with E-state index in [-0.39, 0.29) is 12.6 Å². The van der Waals surface area contributed by atoms with Gasteiger partial charge in [-0.15, -0.1) is 0 Å². The second-order valence-electron chi connectivity index (χ2n) is 4.18. The highest BCUT2D eigenvalue weighted by atomic mass is 16.6. The number of carbonyl (C=O) groups is 1. The predicted octanol–water partition coefficient (Wildman–Crippen LogP) is 0.496. The van der Waals surface area contributed by atoms with Gasteiger partial charge in [0.2, 0.25) is 0 Å². The molecule has 0 aromatic rings. The Morgan fingerprint density at radius 2 is 2.06 bits per heavy atom. The summed E-state index contributed by atoms with van der Waals surface area (Å²) >= 11 is 0. The minimum absolute atomic E-state index is 0.0431. The molecule has 0 spiro atoms. The van der Waals surface area contributed by atoms with Crippen LogP contribution in [-0.4, -0.2) is 63.4 Å². The molecule has 5 nitrogen and oxygen atoms in total. The average Bonchev–Trinajstić information content (AvgIpc) is 2.27. The van der Waals surface area contributed by atoms with E-state index in [4.69, 9.17) is 9.47 Å². The number of nitrogens with zero attached hydrogens (tertiary/aromatic N) is 1. The maximum Gasteiger partial charge on any atom is 0.332 e. The van der Waals surface area contributed by atoms with Crippen LogP contribution < -0.4 is 5.32 Å². The highest BCUT2D eigenvalue weighted by Crippen LogP contribution is 1.90. The van der Waals surface area contributed by atoms with Crippen LogP contribution in [0.25, 0.3) is 0 Å². The third-order valence-electron chi connectivity index (χ3n) is 2.47. The number of rotatable bonds is 10. The summed E-state index contributed by atoms with van der Waals surface area (Å²) in [6.07, 6.45) is 0. The molecule has 5 heteroatoms. The normalized spacial score (nSPS) is 11.2. The number of hydrogen-bond donors (Lipinski definition) is 1. The lowest BCUT2D eigenvalue weighted by molar-refractivity contribution is -0.148. The van der Waals surface area contributed by atoms with E-state index in [0.717, 1.165) is 19.6 Å². The Morgan fingerprint density at radius 1 is 1.35 bits per heavy atom. The van der Waals surface area contributed by atoms with Gasteiger partial charge in [0.15, 0.2) is 0 Å². The van der Waals surface area contributed by atoms with Crippen molar-refractivity contribution in [2.24, 2.45) is 0 Å². The third kappa shape index (κ3) is 10.2. The fraction of sp³-hybridized carbons (Fsp3) is 0.917. The number of nitrogens with one attached hydrogen (secondary N) is 1. The van der Waals surface area contributed by atoms with E-state index in [2.05, 4.69) is 31.1 Å². The summed E-state index contributed by atoms with van der Waals surface area (Å²) in [6.45, 7) is 9.79. The van der Waals surface area contributed by atoms with Gasteiger partial charge < -0.3 is 19.7 Å². The highest BCUT2D eigenvalue weighted by molar-refractivity contribution is 5.70. The number of likely N-dealkylation sites (N-methyl/N-ethyl adjacent to an activating group) is 1. The molecule has 1 N–H and O–H groups in total. The van der Waals surface area contributed by atoms with E-state index < -0.39 is 0 Å². The van der Waals surface area contributed by atoms with Gasteiger partial charge >= 0.3 is 5.97 Å². The van der Waals surface area contributed by atoms with Gasteiger partial charge in [-0.05, 0) is 27.8 Å². The van der Waals surface area contributed by atoms with E-state index in [0.29, 0.717) is 19.3 Å². The standard InChI is InChI=1S/C12H26N2O3/c1-5-17-12(15)10-16-9-7-13-6-8-14(4)11(2)3/h11,13H,5-10H2,1-4H3. The summed E-state index contributed by atoms with van der Waals surface area (Å²) < 4.78 is 9.89. The summed E-state index contributed by atoms with van der Waals surface area (Å²) in [5, 5.41) is 3.26. The van der Waals surface area contributed by atoms with Gasteiger partial charge in [-0.3, -0.25) is 0 Å². The number of hydrogen-bond acceptors (Lipinski definition) is 5. The molecule has 0 aromatic heterocycles. The summed E-state index contributed by atoms with van der Waals surface area (Å²) in [4.78, 5) is 13.2. The van der Waals surface area contributed by atoms with Gasteiger partial charge in [0.25, 0.3) is 0 Å². The summed E-state index contributed by atoms with van der Waals surface area (Å²) in [7, 11) is 2.10. The lowest BCUT2D eigenvalue weighted by atomic mass is 10.3. The van der Waals surface area contributed by atoms with E-state index in [1.54, 1.807) is 6.92 Å². The summed E-state index contributed by atoms with van der Waals surface area (Å²) in [5.74, 6) is -0.299. The minimum Gasteiger partial charge on any atom is -0.464 e. The molecule has 17 heavy (non-hydrogen) atoms. The zero-order valence-electron chi connectivity index (χ0n) is 11.5. The Balaban J connectivity index is 3.21. The largest absolute Gasteiger partial charge is 0.464 e. The first-order valence-corrected chi connectivity index (χ1v) is 6.22. The summed E-state index contributed by atoms with van der Waals surface area (Å²) in [5.41, 5.74) is 0. The second kappa shape index (κ2) is 10.5. The van der Waals surface area contributed by atoms with Crippen LogP contribution in [0, 0.1) is 0 Å². The third-order valence-corrected chi connectivity index (χ3v) is 2.47. The Morgan fingerprint density at radius 3 is 2.65 bits per heavy atom. The molecule has 0 aliphatic carbocycles. The molecule has 0 fully saturated rings. The Labute approximate surface area is 104 Å². The van der Waals surface area contributed by atoms with Crippen LogP contribution in [0.2, 0.25) is 0 Å². The van der Waals surface area contributed by atoms with Gasteiger partial charge in [0, 0.05) is 25.7 Å². The number of ether oxygens (including phenoxy) is 2. The highest BCUT2D eigenvalue weighted by Gasteiger charge is 2.02. The van der Waals surface area contributed by atoms with Crippen LogP contribution >= 0.6 is 0 Å². The van der Waals surface area contributed by atoms with Crippen molar-refractivity contribution in [1.29, 1.82) is 0 Å². The lowest BCUT2D eigenvalue weighted by Gasteiger charge is -2.20. The van der Waals surface area contributed by atoms with E-state index in [1.807, 2.05) is 0 Å². The fourth-order valence-electron chi connectivity index (χ4n) is 1.14. The SMILES string of the molecule is CCOC(=O)COCCNCCN(C)C(C)C.